The standard InChI is InChI=1S/C22H26N2O6/c1-2-17-11-13-22(14-12-17,29-15-18-7-3-5-9-20(18)23(25)26)30-16-19-8-4-6-10-21(19)24(27)28/h3-10,17H,2,11-16H2,1H3. The van der Waals surface area contributed by atoms with Crippen LogP contribution in [0.3, 0.4) is 0 Å². The Bertz CT molecular complexity index is 829. The van der Waals surface area contributed by atoms with Gasteiger partial charge in [0, 0.05) is 25.0 Å². The molecule has 0 bridgehead atoms. The predicted molar refractivity (Wildman–Crippen MR) is 111 cm³/mol. The van der Waals surface area contributed by atoms with E-state index in [1.54, 1.807) is 36.4 Å². The summed E-state index contributed by atoms with van der Waals surface area (Å²) in [5.74, 6) is -0.332. The lowest BCUT2D eigenvalue weighted by molar-refractivity contribution is -0.387. The monoisotopic (exact) mass is 414 g/mol. The lowest BCUT2D eigenvalue weighted by Crippen LogP contribution is -2.40. The third-order valence-electron chi connectivity index (χ3n) is 5.80. The molecule has 0 aliphatic heterocycles. The number of rotatable bonds is 9. The molecule has 0 unspecified atom stereocenters. The summed E-state index contributed by atoms with van der Waals surface area (Å²) in [6.07, 6.45) is 4.21. The van der Waals surface area contributed by atoms with E-state index in [2.05, 4.69) is 6.92 Å². The molecule has 0 aromatic heterocycles. The SMILES string of the molecule is CCC1CCC(OCc2ccccc2[N+](=O)[O-])(OCc2ccccc2[N+](=O)[O-])CC1. The fraction of sp³-hybridized carbons (Fsp3) is 0.455. The van der Waals surface area contributed by atoms with Gasteiger partial charge in [-0.3, -0.25) is 20.2 Å². The quantitative estimate of drug-likeness (QED) is 0.303. The van der Waals surface area contributed by atoms with Crippen molar-refractivity contribution in [3.8, 4) is 0 Å². The second-order valence-corrected chi connectivity index (χ2v) is 7.61. The van der Waals surface area contributed by atoms with Gasteiger partial charge >= 0.3 is 0 Å². The van der Waals surface area contributed by atoms with Gasteiger partial charge in [0.2, 0.25) is 0 Å². The summed E-state index contributed by atoms with van der Waals surface area (Å²) in [6, 6.07) is 13.0. The van der Waals surface area contributed by atoms with Crippen LogP contribution < -0.4 is 0 Å². The molecule has 160 valence electrons. The van der Waals surface area contributed by atoms with E-state index in [9.17, 15) is 20.2 Å². The van der Waals surface area contributed by atoms with E-state index >= 15 is 0 Å². The molecular weight excluding hydrogens is 388 g/mol. The zero-order valence-corrected chi connectivity index (χ0v) is 17.0. The molecule has 1 fully saturated rings. The van der Waals surface area contributed by atoms with Crippen molar-refractivity contribution in [2.24, 2.45) is 5.92 Å². The largest absolute Gasteiger partial charge is 0.345 e. The van der Waals surface area contributed by atoms with Crippen molar-refractivity contribution in [1.82, 2.24) is 0 Å². The molecule has 1 aliphatic carbocycles. The molecule has 0 radical (unpaired) electrons. The molecule has 0 saturated heterocycles. The van der Waals surface area contributed by atoms with Gasteiger partial charge in [-0.15, -0.1) is 0 Å². The molecule has 30 heavy (non-hydrogen) atoms. The van der Waals surface area contributed by atoms with Crippen molar-refractivity contribution in [2.45, 2.75) is 58.0 Å². The topological polar surface area (TPSA) is 105 Å². The van der Waals surface area contributed by atoms with E-state index in [4.69, 9.17) is 9.47 Å². The number of nitro groups is 2. The zero-order chi connectivity index (χ0) is 21.6. The van der Waals surface area contributed by atoms with Gasteiger partial charge in [-0.1, -0.05) is 37.6 Å². The smallest absolute Gasteiger partial charge is 0.274 e. The number of benzene rings is 2. The first kappa shape index (κ1) is 21.9. The summed E-state index contributed by atoms with van der Waals surface area (Å²) in [4.78, 5) is 21.8. The fourth-order valence-electron chi connectivity index (χ4n) is 3.90. The molecule has 0 spiro atoms. The minimum Gasteiger partial charge on any atom is -0.345 e. The summed E-state index contributed by atoms with van der Waals surface area (Å²) >= 11 is 0. The van der Waals surface area contributed by atoms with Gasteiger partial charge in [0.05, 0.1) is 34.2 Å². The first-order chi connectivity index (χ1) is 14.4. The maximum atomic E-state index is 11.3. The normalized spacial score (nSPS) is 16.3. The molecule has 0 atom stereocenters. The average molecular weight is 414 g/mol. The van der Waals surface area contributed by atoms with E-state index in [0.29, 0.717) is 29.9 Å². The highest BCUT2D eigenvalue weighted by molar-refractivity contribution is 5.40. The highest BCUT2D eigenvalue weighted by Gasteiger charge is 2.38. The Balaban J connectivity index is 1.77. The van der Waals surface area contributed by atoms with Crippen LogP contribution in [0.4, 0.5) is 11.4 Å². The van der Waals surface area contributed by atoms with Crippen LogP contribution in [-0.4, -0.2) is 15.6 Å². The summed E-state index contributed by atoms with van der Waals surface area (Å²) < 4.78 is 12.3. The van der Waals surface area contributed by atoms with E-state index in [1.807, 2.05) is 0 Å². The molecule has 0 amide bonds. The number of nitrogens with zero attached hydrogens (tertiary/aromatic N) is 2. The summed E-state index contributed by atoms with van der Waals surface area (Å²) in [5.41, 5.74) is 0.977. The number of hydrogen-bond donors (Lipinski definition) is 0. The molecule has 2 aromatic rings. The minimum atomic E-state index is -0.918. The average Bonchev–Trinajstić information content (AvgIpc) is 2.77. The van der Waals surface area contributed by atoms with E-state index in [-0.39, 0.29) is 24.6 Å². The van der Waals surface area contributed by atoms with Gasteiger partial charge in [-0.25, -0.2) is 0 Å². The van der Waals surface area contributed by atoms with Crippen molar-refractivity contribution in [1.29, 1.82) is 0 Å². The van der Waals surface area contributed by atoms with Crippen molar-refractivity contribution in [3.63, 3.8) is 0 Å². The molecule has 1 aliphatic rings. The first-order valence-electron chi connectivity index (χ1n) is 10.2. The van der Waals surface area contributed by atoms with Crippen LogP contribution in [0.1, 0.15) is 50.2 Å². The Morgan fingerprint density at radius 3 is 1.70 bits per heavy atom. The second-order valence-electron chi connectivity index (χ2n) is 7.61. The van der Waals surface area contributed by atoms with Crippen LogP contribution in [0.15, 0.2) is 48.5 Å². The van der Waals surface area contributed by atoms with Gasteiger partial charge in [0.15, 0.2) is 5.79 Å². The third-order valence-corrected chi connectivity index (χ3v) is 5.80. The third kappa shape index (κ3) is 5.20. The Hall–Kier alpha value is -2.84. The fourth-order valence-corrected chi connectivity index (χ4v) is 3.90. The number of hydrogen-bond acceptors (Lipinski definition) is 6. The minimum absolute atomic E-state index is 0.00795. The lowest BCUT2D eigenvalue weighted by Gasteiger charge is -2.39. The molecule has 0 heterocycles. The second kappa shape index (κ2) is 9.77. The number of ether oxygens (including phenoxy) is 2. The van der Waals surface area contributed by atoms with E-state index < -0.39 is 15.6 Å². The Morgan fingerprint density at radius 2 is 1.30 bits per heavy atom. The van der Waals surface area contributed by atoms with Crippen molar-refractivity contribution in [3.05, 3.63) is 79.9 Å². The van der Waals surface area contributed by atoms with Crippen LogP contribution >= 0.6 is 0 Å². The maximum absolute atomic E-state index is 11.3. The van der Waals surface area contributed by atoms with Gasteiger partial charge in [-0.05, 0) is 30.9 Å². The van der Waals surface area contributed by atoms with Crippen molar-refractivity contribution >= 4 is 11.4 Å². The summed E-state index contributed by atoms with van der Waals surface area (Å²) in [5, 5.41) is 22.6. The summed E-state index contributed by atoms with van der Waals surface area (Å²) in [6.45, 7) is 2.25. The lowest BCUT2D eigenvalue weighted by atomic mass is 9.83. The Kier molecular flexibility index (Phi) is 7.12. The van der Waals surface area contributed by atoms with E-state index in [1.165, 1.54) is 12.1 Å². The van der Waals surface area contributed by atoms with Crippen LogP contribution in [0.2, 0.25) is 0 Å². The van der Waals surface area contributed by atoms with Gasteiger partial charge in [-0.2, -0.15) is 0 Å². The van der Waals surface area contributed by atoms with Crippen molar-refractivity contribution in [2.75, 3.05) is 0 Å². The summed E-state index contributed by atoms with van der Waals surface area (Å²) in [7, 11) is 0. The molecule has 8 nitrogen and oxygen atoms in total. The molecule has 3 rings (SSSR count). The van der Waals surface area contributed by atoms with Gasteiger partial charge < -0.3 is 9.47 Å². The highest BCUT2D eigenvalue weighted by Crippen LogP contribution is 2.39. The van der Waals surface area contributed by atoms with Crippen LogP contribution in [0.5, 0.6) is 0 Å². The zero-order valence-electron chi connectivity index (χ0n) is 17.0. The number of para-hydroxylation sites is 2. The van der Waals surface area contributed by atoms with Crippen LogP contribution in [-0.2, 0) is 22.7 Å². The molecule has 1 saturated carbocycles. The molecule has 2 aromatic carbocycles. The predicted octanol–water partition coefficient (Wildman–Crippen LogP) is 5.53. The first-order valence-corrected chi connectivity index (χ1v) is 10.2. The Morgan fingerprint density at radius 1 is 0.867 bits per heavy atom. The van der Waals surface area contributed by atoms with Gasteiger partial charge in [0.25, 0.3) is 11.4 Å². The Labute approximate surface area is 175 Å². The van der Waals surface area contributed by atoms with Crippen LogP contribution in [0.25, 0.3) is 0 Å². The molecule has 8 heteroatoms. The van der Waals surface area contributed by atoms with Gasteiger partial charge in [0.1, 0.15) is 0 Å². The van der Waals surface area contributed by atoms with Crippen molar-refractivity contribution < 1.29 is 19.3 Å². The molecular formula is C22H26N2O6. The van der Waals surface area contributed by atoms with E-state index in [0.717, 1.165) is 19.3 Å². The maximum Gasteiger partial charge on any atom is 0.274 e. The molecule has 0 N–H and O–H groups in total. The van der Waals surface area contributed by atoms with Crippen LogP contribution in [0, 0.1) is 26.1 Å². The highest BCUT2D eigenvalue weighted by atomic mass is 16.7. The number of nitro benzene ring substituents is 2.